The molecule has 0 bridgehead atoms. The highest BCUT2D eigenvalue weighted by Crippen LogP contribution is 2.12. The molecule has 1 aromatic carbocycles. The highest BCUT2D eigenvalue weighted by atomic mass is 16.5. The zero-order chi connectivity index (χ0) is 18.2. The Balaban J connectivity index is 1.73. The quantitative estimate of drug-likeness (QED) is 0.770. The van der Waals surface area contributed by atoms with Crippen molar-refractivity contribution in [2.75, 3.05) is 25.6 Å². The number of hydrogen-bond donors (Lipinski definition) is 2. The van der Waals surface area contributed by atoms with E-state index in [1.54, 1.807) is 36.4 Å². The van der Waals surface area contributed by atoms with Crippen LogP contribution in [-0.2, 0) is 16.1 Å². The molecule has 0 aliphatic heterocycles. The van der Waals surface area contributed by atoms with Crippen molar-refractivity contribution in [1.29, 1.82) is 0 Å². The molecule has 2 rings (SSSR count). The van der Waals surface area contributed by atoms with Crippen molar-refractivity contribution in [3.8, 4) is 0 Å². The summed E-state index contributed by atoms with van der Waals surface area (Å²) in [7, 11) is 3.77. The van der Waals surface area contributed by atoms with Crippen LogP contribution in [0, 0.1) is 0 Å². The van der Waals surface area contributed by atoms with Crippen LogP contribution in [0.25, 0.3) is 0 Å². The molecule has 0 aliphatic carbocycles. The Hall–Kier alpha value is -3.29. The smallest absolute Gasteiger partial charge is 0.338 e. The van der Waals surface area contributed by atoms with E-state index < -0.39 is 24.5 Å². The van der Waals surface area contributed by atoms with Crippen LogP contribution in [0.1, 0.15) is 16.1 Å². The first kappa shape index (κ1) is 18.1. The van der Waals surface area contributed by atoms with E-state index in [1.165, 1.54) is 6.26 Å². The number of benzene rings is 1. The van der Waals surface area contributed by atoms with Gasteiger partial charge in [-0.05, 0) is 36.4 Å². The van der Waals surface area contributed by atoms with Gasteiger partial charge in [0.25, 0.3) is 5.91 Å². The summed E-state index contributed by atoms with van der Waals surface area (Å²) in [6.07, 6.45) is 1.48. The first-order valence-electron chi connectivity index (χ1n) is 7.50. The molecular weight excluding hydrogens is 326 g/mol. The zero-order valence-electron chi connectivity index (χ0n) is 13.9. The van der Waals surface area contributed by atoms with Gasteiger partial charge in [-0.2, -0.15) is 0 Å². The third-order valence-electron chi connectivity index (χ3n) is 3.21. The Labute approximate surface area is 144 Å². The van der Waals surface area contributed by atoms with E-state index >= 15 is 0 Å². The van der Waals surface area contributed by atoms with Crippen LogP contribution in [0.3, 0.4) is 0 Å². The van der Waals surface area contributed by atoms with Gasteiger partial charge in [-0.3, -0.25) is 10.1 Å². The van der Waals surface area contributed by atoms with Crippen molar-refractivity contribution < 1.29 is 23.5 Å². The number of amides is 3. The van der Waals surface area contributed by atoms with Gasteiger partial charge in [-0.1, -0.05) is 0 Å². The Morgan fingerprint density at radius 3 is 2.44 bits per heavy atom. The lowest BCUT2D eigenvalue weighted by molar-refractivity contribution is -0.123. The molecule has 0 saturated carbocycles. The Morgan fingerprint density at radius 1 is 1.12 bits per heavy atom. The van der Waals surface area contributed by atoms with Crippen molar-refractivity contribution in [3.63, 3.8) is 0 Å². The van der Waals surface area contributed by atoms with E-state index in [4.69, 9.17) is 9.15 Å². The number of hydrogen-bond acceptors (Lipinski definition) is 6. The summed E-state index contributed by atoms with van der Waals surface area (Å²) >= 11 is 0. The van der Waals surface area contributed by atoms with Crippen molar-refractivity contribution in [3.05, 3.63) is 54.0 Å². The van der Waals surface area contributed by atoms with Gasteiger partial charge in [0.15, 0.2) is 6.61 Å². The lowest BCUT2D eigenvalue weighted by Gasteiger charge is -2.12. The fourth-order valence-corrected chi connectivity index (χ4v) is 1.90. The van der Waals surface area contributed by atoms with Crippen molar-refractivity contribution in [2.45, 2.75) is 6.54 Å². The van der Waals surface area contributed by atoms with Gasteiger partial charge in [0.05, 0.1) is 18.4 Å². The predicted molar refractivity (Wildman–Crippen MR) is 90.1 cm³/mol. The van der Waals surface area contributed by atoms with Gasteiger partial charge in [0.1, 0.15) is 5.76 Å². The summed E-state index contributed by atoms with van der Waals surface area (Å²) in [5.41, 5.74) is 1.25. The molecule has 0 radical (unpaired) electrons. The molecular formula is C17H19N3O5. The fourth-order valence-electron chi connectivity index (χ4n) is 1.90. The Morgan fingerprint density at radius 2 is 1.84 bits per heavy atom. The third-order valence-corrected chi connectivity index (χ3v) is 3.21. The molecule has 0 saturated heterocycles. The maximum atomic E-state index is 11.9. The molecule has 2 N–H and O–H groups in total. The number of furan rings is 1. The minimum atomic E-state index is -0.727. The van der Waals surface area contributed by atoms with Crippen molar-refractivity contribution in [1.82, 2.24) is 10.6 Å². The first-order chi connectivity index (χ1) is 12.0. The maximum absolute atomic E-state index is 11.9. The highest BCUT2D eigenvalue weighted by Gasteiger charge is 2.13. The molecule has 8 nitrogen and oxygen atoms in total. The summed E-state index contributed by atoms with van der Waals surface area (Å²) in [6, 6.07) is 9.40. The molecule has 0 aliphatic rings. The van der Waals surface area contributed by atoms with E-state index in [0.717, 1.165) is 5.69 Å². The van der Waals surface area contributed by atoms with Crippen LogP contribution in [0.2, 0.25) is 0 Å². The predicted octanol–water partition coefficient (Wildman–Crippen LogP) is 1.53. The first-order valence-corrected chi connectivity index (χ1v) is 7.50. The van der Waals surface area contributed by atoms with Crippen LogP contribution < -0.4 is 15.5 Å². The minimum absolute atomic E-state index is 0.143. The number of nitrogens with zero attached hydrogens (tertiary/aromatic N) is 1. The summed E-state index contributed by atoms with van der Waals surface area (Å²) in [5.74, 6) is -0.818. The Bertz CT molecular complexity index is 723. The number of anilines is 1. The lowest BCUT2D eigenvalue weighted by Crippen LogP contribution is -2.41. The number of urea groups is 1. The fraction of sp³-hybridized carbons (Fsp3) is 0.235. The van der Waals surface area contributed by atoms with Crippen LogP contribution in [0.4, 0.5) is 10.5 Å². The Kier molecular flexibility index (Phi) is 6.16. The largest absolute Gasteiger partial charge is 0.467 e. The monoisotopic (exact) mass is 345 g/mol. The van der Waals surface area contributed by atoms with Crippen molar-refractivity contribution >= 4 is 23.6 Å². The van der Waals surface area contributed by atoms with Gasteiger partial charge in [0, 0.05) is 19.8 Å². The van der Waals surface area contributed by atoms with Crippen LogP contribution in [0.15, 0.2) is 47.1 Å². The molecule has 1 aromatic heterocycles. The molecule has 132 valence electrons. The second kappa shape index (κ2) is 8.53. The second-order valence-corrected chi connectivity index (χ2v) is 5.33. The molecule has 25 heavy (non-hydrogen) atoms. The van der Waals surface area contributed by atoms with E-state index in [2.05, 4.69) is 10.6 Å². The van der Waals surface area contributed by atoms with Crippen LogP contribution in [-0.4, -0.2) is 38.6 Å². The molecule has 3 amide bonds. The standard InChI is InChI=1S/C17H19N3O5/c1-20(2)13-7-5-12(6-8-13)16(22)25-11-15(21)19-17(23)18-10-14-4-3-9-24-14/h3-9H,10-11H2,1-2H3,(H2,18,19,21,23). The summed E-state index contributed by atoms with van der Waals surface area (Å²) in [6.45, 7) is -0.410. The van der Waals surface area contributed by atoms with Gasteiger partial charge in [0.2, 0.25) is 0 Å². The van der Waals surface area contributed by atoms with Gasteiger partial charge >= 0.3 is 12.0 Å². The summed E-state index contributed by atoms with van der Waals surface area (Å²) < 4.78 is 9.92. The lowest BCUT2D eigenvalue weighted by atomic mass is 10.2. The summed E-state index contributed by atoms with van der Waals surface area (Å²) in [5, 5.41) is 4.50. The zero-order valence-corrected chi connectivity index (χ0v) is 13.9. The molecule has 2 aromatic rings. The highest BCUT2D eigenvalue weighted by molar-refractivity contribution is 5.97. The molecule has 0 fully saturated rings. The number of esters is 1. The van der Waals surface area contributed by atoms with Crippen LogP contribution in [0.5, 0.6) is 0 Å². The number of carbonyl (C=O) groups excluding carboxylic acids is 3. The number of rotatable bonds is 6. The number of nitrogens with one attached hydrogen (secondary N) is 2. The third kappa shape index (κ3) is 5.69. The van der Waals surface area contributed by atoms with E-state index in [0.29, 0.717) is 11.3 Å². The molecule has 8 heteroatoms. The van der Waals surface area contributed by atoms with E-state index in [-0.39, 0.29) is 6.54 Å². The summed E-state index contributed by atoms with van der Waals surface area (Å²) in [4.78, 5) is 36.9. The van der Waals surface area contributed by atoms with Gasteiger partial charge in [-0.25, -0.2) is 9.59 Å². The average Bonchev–Trinajstić information content (AvgIpc) is 3.11. The maximum Gasteiger partial charge on any atom is 0.338 e. The molecule has 0 spiro atoms. The second-order valence-electron chi connectivity index (χ2n) is 5.33. The normalized spacial score (nSPS) is 10.0. The van der Waals surface area contributed by atoms with Crippen LogP contribution >= 0.6 is 0 Å². The molecule has 0 atom stereocenters. The SMILES string of the molecule is CN(C)c1ccc(C(=O)OCC(=O)NC(=O)NCc2ccco2)cc1. The van der Waals surface area contributed by atoms with E-state index in [9.17, 15) is 14.4 Å². The van der Waals surface area contributed by atoms with Gasteiger partial charge in [-0.15, -0.1) is 0 Å². The van der Waals surface area contributed by atoms with Crippen molar-refractivity contribution in [2.24, 2.45) is 0 Å². The van der Waals surface area contributed by atoms with Gasteiger partial charge < -0.3 is 19.4 Å². The number of imide groups is 1. The topological polar surface area (TPSA) is 101 Å². The minimum Gasteiger partial charge on any atom is -0.467 e. The molecule has 1 heterocycles. The van der Waals surface area contributed by atoms with E-state index in [1.807, 2.05) is 19.0 Å². The molecule has 0 unspecified atom stereocenters. The number of ether oxygens (including phenoxy) is 1. The average molecular weight is 345 g/mol. The number of carbonyl (C=O) groups is 3.